The summed E-state index contributed by atoms with van der Waals surface area (Å²) < 4.78 is 1.67. The lowest BCUT2D eigenvalue weighted by atomic mass is 10.4. The summed E-state index contributed by atoms with van der Waals surface area (Å²) in [6.45, 7) is 6.34. The van der Waals surface area contributed by atoms with Gasteiger partial charge in [0.2, 0.25) is 17.2 Å². The molecule has 2 heterocycles. The van der Waals surface area contributed by atoms with Crippen LogP contribution >= 0.6 is 11.6 Å². The topological polar surface area (TPSA) is 84.7 Å². The lowest BCUT2D eigenvalue weighted by Gasteiger charge is -2.18. The summed E-state index contributed by atoms with van der Waals surface area (Å²) >= 11 is 5.95. The van der Waals surface area contributed by atoms with Crippen molar-refractivity contribution in [1.29, 1.82) is 0 Å². The lowest BCUT2D eigenvalue weighted by Crippen LogP contribution is -2.25. The molecule has 0 saturated carbocycles. The highest BCUT2D eigenvalue weighted by Crippen LogP contribution is 2.13. The molecule has 0 atom stereocenters. The minimum atomic E-state index is 0.186. The van der Waals surface area contributed by atoms with Crippen LogP contribution in [0.5, 0.6) is 0 Å². The number of halogens is 1. The van der Waals surface area contributed by atoms with Crippen molar-refractivity contribution in [3.8, 4) is 0 Å². The molecule has 0 aliphatic carbocycles. The maximum atomic E-state index is 5.95. The zero-order chi connectivity index (χ0) is 15.2. The number of nitrogens with zero attached hydrogens (tertiary/aromatic N) is 7. The van der Waals surface area contributed by atoms with Gasteiger partial charge >= 0.3 is 0 Å². The van der Waals surface area contributed by atoms with Gasteiger partial charge in [-0.3, -0.25) is 4.68 Å². The van der Waals surface area contributed by atoms with E-state index in [9.17, 15) is 0 Å². The molecule has 0 unspecified atom stereocenters. The summed E-state index contributed by atoms with van der Waals surface area (Å²) in [6.07, 6.45) is 2.36. The molecule has 0 amide bonds. The molecule has 21 heavy (non-hydrogen) atoms. The SMILES string of the molecule is CCN(CC)c1nc(Cl)nc(NCCc2ncn(C)n2)n1. The molecule has 0 bridgehead atoms. The van der Waals surface area contributed by atoms with Crippen LogP contribution in [0.25, 0.3) is 0 Å². The van der Waals surface area contributed by atoms with Crippen molar-refractivity contribution < 1.29 is 0 Å². The summed E-state index contributed by atoms with van der Waals surface area (Å²) in [5.41, 5.74) is 0. The van der Waals surface area contributed by atoms with Gasteiger partial charge in [0.05, 0.1) is 0 Å². The van der Waals surface area contributed by atoms with Crippen molar-refractivity contribution in [2.75, 3.05) is 29.9 Å². The van der Waals surface area contributed by atoms with Crippen LogP contribution in [0.2, 0.25) is 5.28 Å². The molecule has 0 aromatic carbocycles. The van der Waals surface area contributed by atoms with Gasteiger partial charge in [0.15, 0.2) is 5.82 Å². The first-order chi connectivity index (χ1) is 10.1. The average molecular weight is 311 g/mol. The first kappa shape index (κ1) is 15.4. The Labute approximate surface area is 128 Å². The number of anilines is 2. The van der Waals surface area contributed by atoms with Gasteiger partial charge < -0.3 is 10.2 Å². The highest BCUT2D eigenvalue weighted by molar-refractivity contribution is 6.28. The van der Waals surface area contributed by atoms with Crippen molar-refractivity contribution >= 4 is 23.5 Å². The van der Waals surface area contributed by atoms with Gasteiger partial charge in [0, 0.05) is 33.1 Å². The largest absolute Gasteiger partial charge is 0.354 e. The van der Waals surface area contributed by atoms with Crippen LogP contribution in [0, 0.1) is 0 Å². The van der Waals surface area contributed by atoms with E-state index in [2.05, 4.69) is 30.4 Å². The first-order valence-corrected chi connectivity index (χ1v) is 7.25. The number of aryl methyl sites for hydroxylation is 1. The normalized spacial score (nSPS) is 10.7. The minimum Gasteiger partial charge on any atom is -0.354 e. The Bertz CT molecular complexity index is 580. The van der Waals surface area contributed by atoms with Crippen LogP contribution < -0.4 is 10.2 Å². The molecule has 0 spiro atoms. The molecule has 2 rings (SSSR count). The van der Waals surface area contributed by atoms with E-state index < -0.39 is 0 Å². The Morgan fingerprint density at radius 3 is 2.62 bits per heavy atom. The Kier molecular flexibility index (Phi) is 5.26. The van der Waals surface area contributed by atoms with Crippen molar-refractivity contribution in [2.45, 2.75) is 20.3 Å². The van der Waals surface area contributed by atoms with E-state index in [0.717, 1.165) is 18.9 Å². The number of nitrogens with one attached hydrogen (secondary N) is 1. The van der Waals surface area contributed by atoms with E-state index in [1.54, 1.807) is 11.0 Å². The molecule has 0 saturated heterocycles. The molecule has 0 aliphatic rings. The van der Waals surface area contributed by atoms with Gasteiger partial charge in [-0.15, -0.1) is 0 Å². The van der Waals surface area contributed by atoms with Crippen LogP contribution in [-0.2, 0) is 13.5 Å². The third-order valence-electron chi connectivity index (χ3n) is 2.92. The van der Waals surface area contributed by atoms with Crippen LogP contribution in [0.15, 0.2) is 6.33 Å². The van der Waals surface area contributed by atoms with Crippen molar-refractivity contribution in [1.82, 2.24) is 29.7 Å². The first-order valence-electron chi connectivity index (χ1n) is 6.87. The van der Waals surface area contributed by atoms with Crippen LogP contribution in [0.1, 0.15) is 19.7 Å². The number of aromatic nitrogens is 6. The predicted molar refractivity (Wildman–Crippen MR) is 81.6 cm³/mol. The second-order valence-corrected chi connectivity index (χ2v) is 4.75. The molecule has 0 radical (unpaired) electrons. The summed E-state index contributed by atoms with van der Waals surface area (Å²) in [5.74, 6) is 1.82. The molecular weight excluding hydrogens is 292 g/mol. The molecule has 0 aliphatic heterocycles. The molecule has 9 heteroatoms. The Balaban J connectivity index is 1.99. The van der Waals surface area contributed by atoms with E-state index in [1.165, 1.54) is 0 Å². The predicted octanol–water partition coefficient (Wildman–Crippen LogP) is 1.15. The molecule has 2 aromatic heterocycles. The van der Waals surface area contributed by atoms with Crippen LogP contribution in [0.4, 0.5) is 11.9 Å². The Morgan fingerprint density at radius 1 is 1.24 bits per heavy atom. The van der Waals surface area contributed by atoms with Crippen LogP contribution in [-0.4, -0.2) is 49.4 Å². The molecule has 8 nitrogen and oxygen atoms in total. The van der Waals surface area contributed by atoms with E-state index in [0.29, 0.717) is 24.9 Å². The van der Waals surface area contributed by atoms with Gasteiger partial charge in [0.1, 0.15) is 6.33 Å². The summed E-state index contributed by atoms with van der Waals surface area (Å²) in [5, 5.41) is 7.52. The average Bonchev–Trinajstić information content (AvgIpc) is 2.85. The highest BCUT2D eigenvalue weighted by atomic mass is 35.5. The van der Waals surface area contributed by atoms with Gasteiger partial charge in [-0.1, -0.05) is 0 Å². The molecule has 114 valence electrons. The summed E-state index contributed by atoms with van der Waals surface area (Å²) in [6, 6.07) is 0. The maximum absolute atomic E-state index is 5.95. The molecular formula is C12H19ClN8. The third-order valence-corrected chi connectivity index (χ3v) is 3.09. The highest BCUT2D eigenvalue weighted by Gasteiger charge is 2.10. The zero-order valence-electron chi connectivity index (χ0n) is 12.4. The molecule has 1 N–H and O–H groups in total. The van der Waals surface area contributed by atoms with E-state index in [4.69, 9.17) is 11.6 Å². The van der Waals surface area contributed by atoms with Gasteiger partial charge in [-0.25, -0.2) is 4.98 Å². The fraction of sp³-hybridized carbons (Fsp3) is 0.583. The van der Waals surface area contributed by atoms with E-state index >= 15 is 0 Å². The minimum absolute atomic E-state index is 0.186. The fourth-order valence-corrected chi connectivity index (χ4v) is 2.01. The van der Waals surface area contributed by atoms with Crippen molar-refractivity contribution in [2.24, 2.45) is 7.05 Å². The molecule has 2 aromatic rings. The van der Waals surface area contributed by atoms with Gasteiger partial charge in [-0.05, 0) is 25.4 Å². The van der Waals surface area contributed by atoms with Crippen molar-refractivity contribution in [3.05, 3.63) is 17.4 Å². The second-order valence-electron chi connectivity index (χ2n) is 4.41. The zero-order valence-corrected chi connectivity index (χ0v) is 13.2. The lowest BCUT2D eigenvalue weighted by molar-refractivity contribution is 0.741. The molecule has 0 fully saturated rings. The standard InChI is InChI=1S/C12H19ClN8/c1-4-21(5-2)12-17-10(13)16-11(18-12)14-7-6-9-15-8-20(3)19-9/h8H,4-7H2,1-3H3,(H,14,16,17,18). The number of rotatable bonds is 7. The number of hydrogen-bond donors (Lipinski definition) is 1. The van der Waals surface area contributed by atoms with E-state index in [1.807, 2.05) is 25.8 Å². The Hall–Kier alpha value is -1.96. The van der Waals surface area contributed by atoms with E-state index in [-0.39, 0.29) is 5.28 Å². The fourth-order valence-electron chi connectivity index (χ4n) is 1.85. The van der Waals surface area contributed by atoms with Crippen molar-refractivity contribution in [3.63, 3.8) is 0 Å². The Morgan fingerprint density at radius 2 is 2.00 bits per heavy atom. The van der Waals surface area contributed by atoms with Gasteiger partial charge in [0.25, 0.3) is 0 Å². The summed E-state index contributed by atoms with van der Waals surface area (Å²) in [7, 11) is 1.84. The van der Waals surface area contributed by atoms with Crippen LogP contribution in [0.3, 0.4) is 0 Å². The smallest absolute Gasteiger partial charge is 0.231 e. The third kappa shape index (κ3) is 4.25. The second kappa shape index (κ2) is 7.16. The van der Waals surface area contributed by atoms with Gasteiger partial charge in [-0.2, -0.15) is 20.1 Å². The number of hydrogen-bond acceptors (Lipinski definition) is 7. The summed E-state index contributed by atoms with van der Waals surface area (Å²) in [4.78, 5) is 18.8. The monoisotopic (exact) mass is 310 g/mol. The quantitative estimate of drug-likeness (QED) is 0.821. The maximum Gasteiger partial charge on any atom is 0.231 e.